The molecule has 1 saturated heterocycles. The third-order valence-corrected chi connectivity index (χ3v) is 5.48. The molecular formula is C22H26N4O2. The van der Waals surface area contributed by atoms with Crippen LogP contribution in [0.25, 0.3) is 11.0 Å². The summed E-state index contributed by atoms with van der Waals surface area (Å²) in [7, 11) is 1.72. The molecule has 1 fully saturated rings. The molecule has 2 aromatic carbocycles. The summed E-state index contributed by atoms with van der Waals surface area (Å²) in [5, 5.41) is 2.91. The van der Waals surface area contributed by atoms with Crippen molar-refractivity contribution >= 4 is 28.3 Å². The number of anilines is 2. The van der Waals surface area contributed by atoms with Crippen molar-refractivity contribution in [2.45, 2.75) is 32.2 Å². The van der Waals surface area contributed by atoms with Gasteiger partial charge in [0.05, 0.1) is 11.0 Å². The predicted octanol–water partition coefficient (Wildman–Crippen LogP) is 3.36. The van der Waals surface area contributed by atoms with Crippen LogP contribution >= 0.6 is 0 Å². The lowest BCUT2D eigenvalue weighted by Gasteiger charge is -2.22. The first kappa shape index (κ1) is 18.3. The molecule has 6 nitrogen and oxygen atoms in total. The van der Waals surface area contributed by atoms with E-state index >= 15 is 0 Å². The zero-order chi connectivity index (χ0) is 19.5. The summed E-state index contributed by atoms with van der Waals surface area (Å²) >= 11 is 0. The Hall–Kier alpha value is -3.02. The number of benzene rings is 2. The number of hydrogen-bond acceptors (Lipinski definition) is 3. The maximum atomic E-state index is 12.5. The van der Waals surface area contributed by atoms with Gasteiger partial charge in [-0.2, -0.15) is 0 Å². The molecular weight excluding hydrogens is 352 g/mol. The van der Waals surface area contributed by atoms with E-state index < -0.39 is 0 Å². The van der Waals surface area contributed by atoms with Crippen molar-refractivity contribution in [3.63, 3.8) is 0 Å². The fourth-order valence-corrected chi connectivity index (χ4v) is 3.94. The van der Waals surface area contributed by atoms with Gasteiger partial charge in [0.15, 0.2) is 0 Å². The summed E-state index contributed by atoms with van der Waals surface area (Å²) in [6.07, 6.45) is 5.08. The Bertz CT molecular complexity index is 1020. The molecule has 0 bridgehead atoms. The average molecular weight is 378 g/mol. The minimum Gasteiger partial charge on any atom is -0.372 e. The highest BCUT2D eigenvalue weighted by molar-refractivity contribution is 5.91. The Morgan fingerprint density at radius 1 is 0.929 bits per heavy atom. The van der Waals surface area contributed by atoms with Crippen LogP contribution in [0, 0.1) is 0 Å². The Labute approximate surface area is 164 Å². The predicted molar refractivity (Wildman–Crippen MR) is 113 cm³/mol. The van der Waals surface area contributed by atoms with E-state index in [9.17, 15) is 9.59 Å². The number of imidazole rings is 1. The molecule has 1 aromatic heterocycles. The number of nitrogens with one attached hydrogen (secondary N) is 1. The topological polar surface area (TPSA) is 59.3 Å². The van der Waals surface area contributed by atoms with Crippen LogP contribution in [0.15, 0.2) is 53.3 Å². The summed E-state index contributed by atoms with van der Waals surface area (Å²) < 4.78 is 3.08. The Kier molecular flexibility index (Phi) is 5.19. The molecule has 0 aliphatic carbocycles. The minimum atomic E-state index is -0.207. The maximum Gasteiger partial charge on any atom is 0.329 e. The van der Waals surface area contributed by atoms with Gasteiger partial charge in [0.1, 0.15) is 6.54 Å². The van der Waals surface area contributed by atoms with Crippen molar-refractivity contribution < 1.29 is 4.79 Å². The molecule has 0 saturated carbocycles. The highest BCUT2D eigenvalue weighted by atomic mass is 16.2. The van der Waals surface area contributed by atoms with Gasteiger partial charge in [-0.1, -0.05) is 25.0 Å². The van der Waals surface area contributed by atoms with Crippen LogP contribution in [0.1, 0.15) is 25.7 Å². The minimum absolute atomic E-state index is 0.00589. The molecule has 6 heteroatoms. The van der Waals surface area contributed by atoms with Gasteiger partial charge >= 0.3 is 5.69 Å². The largest absolute Gasteiger partial charge is 0.372 e. The number of fused-ring (bicyclic) bond motifs is 1. The number of carbonyl (C=O) groups excluding carboxylic acids is 1. The molecule has 0 unspecified atom stereocenters. The second-order valence-electron chi connectivity index (χ2n) is 7.41. The molecule has 0 radical (unpaired) electrons. The quantitative estimate of drug-likeness (QED) is 0.757. The molecule has 1 aliphatic rings. The van der Waals surface area contributed by atoms with Crippen LogP contribution in [0.3, 0.4) is 0 Å². The SMILES string of the molecule is Cn1c(=O)n(CC(=O)Nc2ccc(N3CCCCCC3)cc2)c2ccccc21. The number of carbonyl (C=O) groups is 1. The van der Waals surface area contributed by atoms with Gasteiger partial charge in [-0.05, 0) is 49.2 Å². The van der Waals surface area contributed by atoms with E-state index in [4.69, 9.17) is 0 Å². The van der Waals surface area contributed by atoms with Crippen LogP contribution in [0.4, 0.5) is 11.4 Å². The van der Waals surface area contributed by atoms with E-state index in [1.54, 1.807) is 11.6 Å². The van der Waals surface area contributed by atoms with Gasteiger partial charge in [0.25, 0.3) is 0 Å². The van der Waals surface area contributed by atoms with Crippen LogP contribution < -0.4 is 15.9 Å². The lowest BCUT2D eigenvalue weighted by atomic mass is 10.2. The lowest BCUT2D eigenvalue weighted by Crippen LogP contribution is -2.28. The molecule has 1 aliphatic heterocycles. The van der Waals surface area contributed by atoms with E-state index in [2.05, 4.69) is 22.3 Å². The smallest absolute Gasteiger partial charge is 0.329 e. The first-order valence-electron chi connectivity index (χ1n) is 9.92. The van der Waals surface area contributed by atoms with Crippen molar-refractivity contribution in [1.29, 1.82) is 0 Å². The number of para-hydroxylation sites is 2. The first-order valence-corrected chi connectivity index (χ1v) is 9.92. The fourth-order valence-electron chi connectivity index (χ4n) is 3.94. The Balaban J connectivity index is 1.46. The zero-order valence-electron chi connectivity index (χ0n) is 16.2. The highest BCUT2D eigenvalue weighted by Crippen LogP contribution is 2.21. The number of hydrogen-bond donors (Lipinski definition) is 1. The molecule has 28 heavy (non-hydrogen) atoms. The van der Waals surface area contributed by atoms with Crippen molar-refractivity contribution in [3.8, 4) is 0 Å². The summed E-state index contributed by atoms with van der Waals surface area (Å²) in [4.78, 5) is 27.4. The summed E-state index contributed by atoms with van der Waals surface area (Å²) in [5.41, 5.74) is 3.35. The van der Waals surface area contributed by atoms with Crippen LogP contribution in [0.5, 0.6) is 0 Å². The number of nitrogens with zero attached hydrogens (tertiary/aromatic N) is 3. The van der Waals surface area contributed by atoms with Crippen molar-refractivity contribution in [3.05, 3.63) is 59.0 Å². The van der Waals surface area contributed by atoms with Gasteiger partial charge < -0.3 is 10.2 Å². The van der Waals surface area contributed by atoms with Gasteiger partial charge in [-0.3, -0.25) is 13.9 Å². The van der Waals surface area contributed by atoms with Gasteiger partial charge in [0, 0.05) is 31.5 Å². The van der Waals surface area contributed by atoms with Crippen molar-refractivity contribution in [2.75, 3.05) is 23.3 Å². The van der Waals surface area contributed by atoms with Gasteiger partial charge in [0.2, 0.25) is 5.91 Å². The van der Waals surface area contributed by atoms with E-state index in [1.807, 2.05) is 36.4 Å². The Morgan fingerprint density at radius 2 is 1.57 bits per heavy atom. The normalized spacial score (nSPS) is 14.8. The maximum absolute atomic E-state index is 12.5. The van der Waals surface area contributed by atoms with Gasteiger partial charge in [-0.25, -0.2) is 4.79 Å². The molecule has 2 heterocycles. The summed E-state index contributed by atoms with van der Waals surface area (Å²) in [6.45, 7) is 2.18. The third-order valence-electron chi connectivity index (χ3n) is 5.48. The van der Waals surface area contributed by atoms with E-state index in [0.717, 1.165) is 29.8 Å². The first-order chi connectivity index (χ1) is 13.6. The number of amides is 1. The average Bonchev–Trinajstić information content (AvgIpc) is 2.91. The molecule has 1 N–H and O–H groups in total. The molecule has 0 spiro atoms. The molecule has 4 rings (SSSR count). The molecule has 0 atom stereocenters. The van der Waals surface area contributed by atoms with Crippen molar-refractivity contribution in [2.24, 2.45) is 7.05 Å². The van der Waals surface area contributed by atoms with Crippen LogP contribution in [-0.4, -0.2) is 28.1 Å². The van der Waals surface area contributed by atoms with E-state index in [1.165, 1.54) is 35.9 Å². The molecule has 146 valence electrons. The van der Waals surface area contributed by atoms with Crippen LogP contribution in [0.2, 0.25) is 0 Å². The lowest BCUT2D eigenvalue weighted by molar-refractivity contribution is -0.116. The van der Waals surface area contributed by atoms with Gasteiger partial charge in [-0.15, -0.1) is 0 Å². The number of aromatic nitrogens is 2. The van der Waals surface area contributed by atoms with E-state index in [-0.39, 0.29) is 18.1 Å². The fraction of sp³-hybridized carbons (Fsp3) is 0.364. The number of aryl methyl sites for hydroxylation is 1. The summed E-state index contributed by atoms with van der Waals surface area (Å²) in [6, 6.07) is 15.5. The standard InChI is InChI=1S/C22H26N4O2/c1-24-19-8-4-5-9-20(19)26(22(24)28)16-21(27)23-17-10-12-18(13-11-17)25-14-6-2-3-7-15-25/h4-5,8-13H,2-3,6-7,14-16H2,1H3,(H,23,27). The third kappa shape index (κ3) is 3.67. The summed E-state index contributed by atoms with van der Waals surface area (Å²) in [5.74, 6) is -0.207. The second-order valence-corrected chi connectivity index (χ2v) is 7.41. The van der Waals surface area contributed by atoms with Crippen LogP contribution in [-0.2, 0) is 18.4 Å². The zero-order valence-corrected chi connectivity index (χ0v) is 16.2. The number of rotatable bonds is 4. The second kappa shape index (κ2) is 7.92. The monoisotopic (exact) mass is 378 g/mol. The van der Waals surface area contributed by atoms with E-state index in [0.29, 0.717) is 0 Å². The van der Waals surface area contributed by atoms with Crippen molar-refractivity contribution in [1.82, 2.24) is 9.13 Å². The highest BCUT2D eigenvalue weighted by Gasteiger charge is 2.14. The molecule has 3 aromatic rings. The Morgan fingerprint density at radius 3 is 2.25 bits per heavy atom. The molecule has 1 amide bonds.